The van der Waals surface area contributed by atoms with Crippen LogP contribution in [0.25, 0.3) is 33.1 Å². The maximum absolute atomic E-state index is 13.5. The minimum absolute atomic E-state index is 0.0529. The van der Waals surface area contributed by atoms with Crippen LogP contribution in [0.4, 0.5) is 0 Å². The van der Waals surface area contributed by atoms with E-state index in [1.54, 1.807) is 10.6 Å². The maximum Gasteiger partial charge on any atom is 0.340 e. The first-order valence-corrected chi connectivity index (χ1v) is 17.3. The molecule has 2 aromatic heterocycles. The molecule has 2 aromatic carbocycles. The number of aromatic nitrogens is 2. The predicted molar refractivity (Wildman–Crippen MR) is 187 cm³/mol. The molecule has 14 nitrogen and oxygen atoms in total. The largest absolute Gasteiger partial charge is 0.458 e. The summed E-state index contributed by atoms with van der Waals surface area (Å²) in [6, 6.07) is 11.6. The van der Waals surface area contributed by atoms with Crippen molar-refractivity contribution < 1.29 is 38.6 Å². The number of esters is 1. The number of nitrogens with zero attached hydrogens (tertiary/aromatic N) is 3. The summed E-state index contributed by atoms with van der Waals surface area (Å²) in [5.74, 6) is -2.06. The molecule has 0 fully saturated rings. The van der Waals surface area contributed by atoms with Gasteiger partial charge in [-0.15, -0.1) is 0 Å². The van der Waals surface area contributed by atoms with Crippen LogP contribution in [0, 0.1) is 0 Å². The Hall–Kier alpha value is -5.73. The molecule has 4 amide bonds. The van der Waals surface area contributed by atoms with Crippen LogP contribution >= 0.6 is 0 Å². The van der Waals surface area contributed by atoms with Gasteiger partial charge in [0, 0.05) is 41.6 Å². The van der Waals surface area contributed by atoms with Crippen molar-refractivity contribution in [3.63, 3.8) is 0 Å². The van der Waals surface area contributed by atoms with Crippen molar-refractivity contribution in [2.75, 3.05) is 19.8 Å². The number of aryl methyl sites for hydroxylation is 1. The number of carbonyl (C=O) groups is 5. The lowest BCUT2D eigenvalue weighted by atomic mass is 9.93. The summed E-state index contributed by atoms with van der Waals surface area (Å²) in [6.07, 6.45) is 3.72. The van der Waals surface area contributed by atoms with Gasteiger partial charge >= 0.3 is 5.97 Å². The maximum atomic E-state index is 13.5. The van der Waals surface area contributed by atoms with Gasteiger partial charge in [-0.3, -0.25) is 28.9 Å². The highest BCUT2D eigenvalue weighted by molar-refractivity contribution is 6.13. The van der Waals surface area contributed by atoms with Crippen LogP contribution in [0.15, 0.2) is 53.3 Å². The molecular formula is C38H37N5O9. The number of aliphatic hydroxyl groups excluding tert-OH is 1. The number of fused-ring (bicyclic) bond motifs is 7. The number of amides is 4. The average molecular weight is 708 g/mol. The van der Waals surface area contributed by atoms with Crippen LogP contribution < -0.4 is 16.2 Å². The van der Waals surface area contributed by atoms with Crippen molar-refractivity contribution in [3.05, 3.63) is 86.7 Å². The average Bonchev–Trinajstić information content (AvgIpc) is 3.67. The highest BCUT2D eigenvalue weighted by atomic mass is 16.5. The molecule has 268 valence electrons. The highest BCUT2D eigenvalue weighted by Gasteiger charge is 2.34. The lowest BCUT2D eigenvalue weighted by Crippen LogP contribution is -2.37. The van der Waals surface area contributed by atoms with Crippen molar-refractivity contribution >= 4 is 51.3 Å². The molecule has 0 saturated heterocycles. The number of unbranched alkanes of at least 4 members (excludes halogenated alkanes) is 2. The molecule has 7 rings (SSSR count). The molecule has 0 bridgehead atoms. The van der Waals surface area contributed by atoms with Gasteiger partial charge in [-0.1, -0.05) is 31.5 Å². The van der Waals surface area contributed by atoms with Crippen molar-refractivity contribution in [3.8, 4) is 11.4 Å². The van der Waals surface area contributed by atoms with Gasteiger partial charge in [0.2, 0.25) is 11.8 Å². The standard InChI is InChI=1S/C38H37N5O9/c1-2-23-26-17-43-29(15-25-27(37(43)49)19-52-38(50)36(25)48)35(26)41-28-10-9-22-8-7-21(14-24(22)34(23)28)18-51-20-40-31(45)16-39-30(44)6-4-3-5-13-42-32(46)11-12-33(42)47/h7-12,14-15,36,48H,2-6,13,16-20H2,1H3,(H,39,44)(H,40,45). The topological polar surface area (TPSA) is 186 Å². The fourth-order valence-corrected chi connectivity index (χ4v) is 7.08. The zero-order chi connectivity index (χ0) is 36.5. The quantitative estimate of drug-likeness (QED) is 0.0540. The van der Waals surface area contributed by atoms with Crippen LogP contribution in [0.3, 0.4) is 0 Å². The van der Waals surface area contributed by atoms with E-state index >= 15 is 0 Å². The Labute approximate surface area is 297 Å². The minimum Gasteiger partial charge on any atom is -0.458 e. The summed E-state index contributed by atoms with van der Waals surface area (Å²) in [6.45, 7) is 2.50. The number of hydrogen-bond donors (Lipinski definition) is 3. The molecule has 0 aliphatic carbocycles. The van der Waals surface area contributed by atoms with Gasteiger partial charge in [-0.2, -0.15) is 0 Å². The van der Waals surface area contributed by atoms with Gasteiger partial charge in [-0.25, -0.2) is 9.78 Å². The van der Waals surface area contributed by atoms with Crippen molar-refractivity contribution in [1.29, 1.82) is 0 Å². The monoisotopic (exact) mass is 707 g/mol. The molecular weight excluding hydrogens is 670 g/mol. The lowest BCUT2D eigenvalue weighted by molar-refractivity contribution is -0.157. The number of carbonyl (C=O) groups excluding carboxylic acids is 5. The minimum atomic E-state index is -1.52. The van der Waals surface area contributed by atoms with Crippen LogP contribution in [-0.4, -0.2) is 69.0 Å². The number of hydrogen-bond acceptors (Lipinski definition) is 10. The van der Waals surface area contributed by atoms with E-state index in [1.165, 1.54) is 17.1 Å². The van der Waals surface area contributed by atoms with Gasteiger partial charge in [-0.05, 0) is 59.4 Å². The van der Waals surface area contributed by atoms with E-state index in [0.717, 1.165) is 38.4 Å². The molecule has 1 atom stereocenters. The Morgan fingerprint density at radius 3 is 2.56 bits per heavy atom. The summed E-state index contributed by atoms with van der Waals surface area (Å²) in [4.78, 5) is 79.3. The third-order valence-electron chi connectivity index (χ3n) is 9.74. The third-order valence-corrected chi connectivity index (χ3v) is 9.74. The fraction of sp³-hybridized carbons (Fsp3) is 0.342. The molecule has 0 saturated carbocycles. The highest BCUT2D eigenvalue weighted by Crippen LogP contribution is 2.40. The van der Waals surface area contributed by atoms with E-state index in [0.29, 0.717) is 50.2 Å². The second-order valence-corrected chi connectivity index (χ2v) is 13.0. The van der Waals surface area contributed by atoms with E-state index in [9.17, 15) is 33.9 Å². The van der Waals surface area contributed by atoms with Gasteiger partial charge < -0.3 is 29.8 Å². The molecule has 5 heterocycles. The zero-order valence-corrected chi connectivity index (χ0v) is 28.5. The van der Waals surface area contributed by atoms with E-state index in [2.05, 4.69) is 17.6 Å². The number of nitrogens with one attached hydrogen (secondary N) is 2. The Balaban J connectivity index is 0.954. The summed E-state index contributed by atoms with van der Waals surface area (Å²) >= 11 is 0. The number of aliphatic hydroxyl groups is 1. The molecule has 3 N–H and O–H groups in total. The van der Waals surface area contributed by atoms with Crippen LogP contribution in [0.5, 0.6) is 0 Å². The normalized spacial score (nSPS) is 15.9. The first kappa shape index (κ1) is 34.7. The third kappa shape index (κ3) is 6.58. The van der Waals surface area contributed by atoms with Gasteiger partial charge in [0.15, 0.2) is 6.10 Å². The lowest BCUT2D eigenvalue weighted by Gasteiger charge is -2.21. The summed E-state index contributed by atoms with van der Waals surface area (Å²) in [5.41, 5.74) is 5.06. The fourth-order valence-electron chi connectivity index (χ4n) is 7.08. The summed E-state index contributed by atoms with van der Waals surface area (Å²) in [7, 11) is 0. The van der Waals surface area contributed by atoms with Gasteiger partial charge in [0.25, 0.3) is 17.4 Å². The summed E-state index contributed by atoms with van der Waals surface area (Å²) in [5, 5.41) is 18.7. The molecule has 1 unspecified atom stereocenters. The second-order valence-electron chi connectivity index (χ2n) is 13.0. The van der Waals surface area contributed by atoms with E-state index in [-0.39, 0.29) is 67.3 Å². The van der Waals surface area contributed by atoms with Gasteiger partial charge in [0.1, 0.15) is 13.3 Å². The number of benzene rings is 2. The number of rotatable bonds is 13. The molecule has 3 aliphatic heterocycles. The Bertz CT molecular complexity index is 2240. The number of imide groups is 1. The number of cyclic esters (lactones) is 1. The van der Waals surface area contributed by atoms with E-state index in [4.69, 9.17) is 14.5 Å². The van der Waals surface area contributed by atoms with Crippen molar-refractivity contribution in [2.24, 2.45) is 0 Å². The second kappa shape index (κ2) is 14.5. The molecule has 14 heteroatoms. The number of ether oxygens (including phenoxy) is 2. The number of pyridine rings is 2. The Kier molecular flexibility index (Phi) is 9.67. The predicted octanol–water partition coefficient (Wildman–Crippen LogP) is 2.42. The SMILES string of the molecule is CCc1c2c(nc3ccc4ccc(COCNC(=O)CNC(=O)CCCCCN5C(=O)C=CC5=O)cc4c13)-c1cc3c(c(=O)n1C2)COC(=O)C3O. The van der Waals surface area contributed by atoms with E-state index in [1.807, 2.05) is 30.3 Å². The van der Waals surface area contributed by atoms with Crippen LogP contribution in [0.1, 0.15) is 66.5 Å². The Morgan fingerprint density at radius 2 is 1.77 bits per heavy atom. The smallest absolute Gasteiger partial charge is 0.340 e. The molecule has 3 aliphatic rings. The van der Waals surface area contributed by atoms with Gasteiger partial charge in [0.05, 0.1) is 42.2 Å². The van der Waals surface area contributed by atoms with Crippen LogP contribution in [0.2, 0.25) is 0 Å². The van der Waals surface area contributed by atoms with Crippen molar-refractivity contribution in [1.82, 2.24) is 25.1 Å². The van der Waals surface area contributed by atoms with E-state index < -0.39 is 18.0 Å². The Morgan fingerprint density at radius 1 is 0.981 bits per heavy atom. The summed E-state index contributed by atoms with van der Waals surface area (Å²) < 4.78 is 12.4. The first-order chi connectivity index (χ1) is 25.1. The molecule has 0 radical (unpaired) electrons. The molecule has 4 aromatic rings. The van der Waals surface area contributed by atoms with Crippen molar-refractivity contribution in [2.45, 2.75) is 64.9 Å². The molecule has 0 spiro atoms. The van der Waals surface area contributed by atoms with Crippen LogP contribution in [-0.2, 0) is 59.6 Å². The molecule has 52 heavy (non-hydrogen) atoms. The first-order valence-electron chi connectivity index (χ1n) is 17.3. The zero-order valence-electron chi connectivity index (χ0n) is 28.5.